The normalized spacial score (nSPS) is 21.1. The van der Waals surface area contributed by atoms with Gasteiger partial charge in [-0.15, -0.1) is 11.3 Å². The summed E-state index contributed by atoms with van der Waals surface area (Å²) in [5.41, 5.74) is 0.605. The third-order valence-electron chi connectivity index (χ3n) is 3.76. The molecule has 1 aliphatic heterocycles. The number of hydrogen-bond donors (Lipinski definition) is 0. The van der Waals surface area contributed by atoms with Crippen molar-refractivity contribution < 1.29 is 0 Å². The van der Waals surface area contributed by atoms with E-state index in [0.29, 0.717) is 5.41 Å². The van der Waals surface area contributed by atoms with Crippen molar-refractivity contribution in [3.63, 3.8) is 0 Å². The molecule has 1 aliphatic rings. The van der Waals surface area contributed by atoms with Gasteiger partial charge in [0.15, 0.2) is 0 Å². The molecule has 0 unspecified atom stereocenters. The lowest BCUT2D eigenvalue weighted by atomic mass is 9.77. The highest BCUT2D eigenvalue weighted by Gasteiger charge is 2.29. The van der Waals surface area contributed by atoms with Crippen molar-refractivity contribution in [1.29, 1.82) is 0 Å². The molecular formula is C13H22N2S. The number of aromatic nitrogens is 1. The molecule has 1 fully saturated rings. The second-order valence-corrected chi connectivity index (χ2v) is 6.24. The first-order chi connectivity index (χ1) is 7.72. The smallest absolute Gasteiger partial charge is 0.107 e. The average Bonchev–Trinajstić information content (AvgIpc) is 2.75. The summed E-state index contributed by atoms with van der Waals surface area (Å²) in [6, 6.07) is 0. The largest absolute Gasteiger partial charge is 0.297 e. The number of likely N-dealkylation sites (tertiary alicyclic amines) is 1. The van der Waals surface area contributed by atoms with Crippen molar-refractivity contribution in [1.82, 2.24) is 9.88 Å². The molecule has 0 radical (unpaired) electrons. The summed E-state index contributed by atoms with van der Waals surface area (Å²) in [5, 5.41) is 3.33. The molecule has 1 saturated heterocycles. The van der Waals surface area contributed by atoms with E-state index >= 15 is 0 Å². The van der Waals surface area contributed by atoms with E-state index in [-0.39, 0.29) is 0 Å². The molecule has 0 atom stereocenters. The third-order valence-corrected chi connectivity index (χ3v) is 4.52. The van der Waals surface area contributed by atoms with Crippen LogP contribution in [0.2, 0.25) is 0 Å². The lowest BCUT2D eigenvalue weighted by Gasteiger charge is -2.39. The molecule has 0 spiro atoms. The fourth-order valence-electron chi connectivity index (χ4n) is 2.63. The van der Waals surface area contributed by atoms with Crippen LogP contribution in [-0.4, -0.2) is 23.0 Å². The monoisotopic (exact) mass is 238 g/mol. The van der Waals surface area contributed by atoms with E-state index in [4.69, 9.17) is 0 Å². The molecule has 2 nitrogen and oxygen atoms in total. The van der Waals surface area contributed by atoms with Crippen LogP contribution in [0.3, 0.4) is 0 Å². The molecule has 2 rings (SSSR count). The third kappa shape index (κ3) is 3.05. The van der Waals surface area contributed by atoms with Gasteiger partial charge in [-0.05, 0) is 37.8 Å². The van der Waals surface area contributed by atoms with Crippen LogP contribution in [0.25, 0.3) is 0 Å². The number of piperidine rings is 1. The zero-order valence-corrected chi connectivity index (χ0v) is 11.2. The van der Waals surface area contributed by atoms with Gasteiger partial charge in [0, 0.05) is 11.6 Å². The Kier molecular flexibility index (Phi) is 3.98. The van der Waals surface area contributed by atoms with E-state index in [1.54, 1.807) is 11.3 Å². The maximum Gasteiger partial charge on any atom is 0.107 e. The lowest BCUT2D eigenvalue weighted by molar-refractivity contribution is 0.105. The fourth-order valence-corrected chi connectivity index (χ4v) is 3.28. The van der Waals surface area contributed by atoms with E-state index < -0.39 is 0 Å². The van der Waals surface area contributed by atoms with E-state index in [0.717, 1.165) is 6.54 Å². The molecule has 0 saturated carbocycles. The van der Waals surface area contributed by atoms with Crippen molar-refractivity contribution >= 4 is 11.3 Å². The first-order valence-electron chi connectivity index (χ1n) is 6.32. The molecule has 0 bridgehead atoms. The average molecular weight is 238 g/mol. The fraction of sp³-hybridized carbons (Fsp3) is 0.769. The van der Waals surface area contributed by atoms with Crippen LogP contribution in [0.4, 0.5) is 0 Å². The molecule has 3 heteroatoms. The summed E-state index contributed by atoms with van der Waals surface area (Å²) in [5.74, 6) is 0. The van der Waals surface area contributed by atoms with Gasteiger partial charge < -0.3 is 0 Å². The molecule has 0 amide bonds. The summed E-state index contributed by atoms with van der Waals surface area (Å²) in [7, 11) is 0. The minimum atomic E-state index is 0.605. The highest BCUT2D eigenvalue weighted by atomic mass is 32.1. The van der Waals surface area contributed by atoms with Gasteiger partial charge in [-0.3, -0.25) is 4.90 Å². The minimum Gasteiger partial charge on any atom is -0.297 e. The predicted molar refractivity (Wildman–Crippen MR) is 69.6 cm³/mol. The number of rotatable bonds is 4. The van der Waals surface area contributed by atoms with E-state index in [1.807, 2.05) is 6.20 Å². The highest BCUT2D eigenvalue weighted by Crippen LogP contribution is 2.35. The lowest BCUT2D eigenvalue weighted by Crippen LogP contribution is -2.38. The molecule has 1 aromatic rings. The second-order valence-electron chi connectivity index (χ2n) is 5.26. The van der Waals surface area contributed by atoms with E-state index in [2.05, 4.69) is 29.1 Å². The summed E-state index contributed by atoms with van der Waals surface area (Å²) in [6.07, 6.45) is 7.32. The molecule has 16 heavy (non-hydrogen) atoms. The van der Waals surface area contributed by atoms with Gasteiger partial charge in [0.1, 0.15) is 5.01 Å². The molecule has 1 aromatic heterocycles. The van der Waals surface area contributed by atoms with Crippen molar-refractivity contribution in [3.05, 3.63) is 16.6 Å². The Hall–Kier alpha value is -0.410. The van der Waals surface area contributed by atoms with Crippen LogP contribution in [0.5, 0.6) is 0 Å². The van der Waals surface area contributed by atoms with Gasteiger partial charge in [-0.2, -0.15) is 0 Å². The van der Waals surface area contributed by atoms with Gasteiger partial charge in [0.2, 0.25) is 0 Å². The standard InChI is InChI=1S/C13H22N2S/c1-3-4-13(2)5-8-15(9-6-13)11-12-14-7-10-16-12/h7,10H,3-6,8-9,11H2,1-2H3. The summed E-state index contributed by atoms with van der Waals surface area (Å²) < 4.78 is 0. The minimum absolute atomic E-state index is 0.605. The van der Waals surface area contributed by atoms with Gasteiger partial charge in [-0.25, -0.2) is 4.98 Å². The summed E-state index contributed by atoms with van der Waals surface area (Å²) in [4.78, 5) is 6.91. The Labute approximate surface area is 103 Å². The SMILES string of the molecule is CCCC1(C)CCN(Cc2nccs2)CC1. The van der Waals surface area contributed by atoms with Crippen molar-refractivity contribution in [3.8, 4) is 0 Å². The first kappa shape index (κ1) is 12.1. The number of nitrogens with zero attached hydrogens (tertiary/aromatic N) is 2. The van der Waals surface area contributed by atoms with Crippen LogP contribution in [0.15, 0.2) is 11.6 Å². The predicted octanol–water partition coefficient (Wildman–Crippen LogP) is 3.55. The molecule has 90 valence electrons. The Morgan fingerprint density at radius 3 is 2.75 bits per heavy atom. The molecular weight excluding hydrogens is 216 g/mol. The van der Waals surface area contributed by atoms with E-state index in [1.165, 1.54) is 43.8 Å². The number of hydrogen-bond acceptors (Lipinski definition) is 3. The van der Waals surface area contributed by atoms with Gasteiger partial charge in [-0.1, -0.05) is 20.3 Å². The van der Waals surface area contributed by atoms with Crippen molar-refractivity contribution in [2.24, 2.45) is 5.41 Å². The molecule has 0 aromatic carbocycles. The van der Waals surface area contributed by atoms with Crippen LogP contribution < -0.4 is 0 Å². The topological polar surface area (TPSA) is 16.1 Å². The van der Waals surface area contributed by atoms with Crippen LogP contribution in [-0.2, 0) is 6.54 Å². The number of thiazole rings is 1. The zero-order valence-electron chi connectivity index (χ0n) is 10.4. The van der Waals surface area contributed by atoms with E-state index in [9.17, 15) is 0 Å². The summed E-state index contributed by atoms with van der Waals surface area (Å²) >= 11 is 1.77. The van der Waals surface area contributed by atoms with Crippen LogP contribution >= 0.6 is 11.3 Å². The van der Waals surface area contributed by atoms with Crippen molar-refractivity contribution in [2.45, 2.75) is 46.1 Å². The quantitative estimate of drug-likeness (QED) is 0.797. The molecule has 0 aliphatic carbocycles. The Bertz CT molecular complexity index is 300. The maximum absolute atomic E-state index is 4.36. The van der Waals surface area contributed by atoms with Gasteiger partial charge in [0.25, 0.3) is 0 Å². The summed E-state index contributed by atoms with van der Waals surface area (Å²) in [6.45, 7) is 8.30. The Morgan fingerprint density at radius 1 is 1.44 bits per heavy atom. The first-order valence-corrected chi connectivity index (χ1v) is 7.20. The highest BCUT2D eigenvalue weighted by molar-refractivity contribution is 7.09. The Morgan fingerprint density at radius 2 is 2.19 bits per heavy atom. The zero-order chi connectivity index (χ0) is 11.4. The van der Waals surface area contributed by atoms with Crippen LogP contribution in [0, 0.1) is 5.41 Å². The Balaban J connectivity index is 1.81. The molecule has 0 N–H and O–H groups in total. The van der Waals surface area contributed by atoms with Crippen LogP contribution in [0.1, 0.15) is 44.5 Å². The molecule has 2 heterocycles. The van der Waals surface area contributed by atoms with Gasteiger partial charge >= 0.3 is 0 Å². The van der Waals surface area contributed by atoms with Gasteiger partial charge in [0.05, 0.1) is 6.54 Å². The van der Waals surface area contributed by atoms with Crippen molar-refractivity contribution in [2.75, 3.05) is 13.1 Å². The second kappa shape index (κ2) is 5.28. The maximum atomic E-state index is 4.36.